The fraction of sp³-hybridized carbons (Fsp3) is 0.519. The Hall–Kier alpha value is -2.29. The molecule has 0 bridgehead atoms. The summed E-state index contributed by atoms with van der Waals surface area (Å²) in [6, 6.07) is 11.5. The van der Waals surface area contributed by atoms with E-state index in [4.69, 9.17) is 0 Å². The van der Waals surface area contributed by atoms with Crippen LogP contribution in [0.3, 0.4) is 0 Å². The molecule has 1 saturated heterocycles. The number of halogens is 4. The molecule has 1 atom stereocenters. The maximum atomic E-state index is 13.0. The van der Waals surface area contributed by atoms with Gasteiger partial charge in [0.25, 0.3) is 0 Å². The van der Waals surface area contributed by atoms with Crippen molar-refractivity contribution in [1.29, 1.82) is 0 Å². The molecule has 1 unspecified atom stereocenters. The largest absolute Gasteiger partial charge is 0.416 e. The Morgan fingerprint density at radius 2 is 1.69 bits per heavy atom. The number of carbonyl (C=O) groups is 1. The number of nitrogens with zero attached hydrogens (tertiary/aromatic N) is 3. The molecular weight excluding hydrogens is 491 g/mol. The molecule has 2 heterocycles. The standard InChI is InChI=1S/C27H34F3N3O2.ClH/c1-20(34)21-9-10-22-18-33(19-23(22)16-21)26(35)8-3-2-4-11-31-12-14-32(15-13-31)25-7-5-6-24(17-25)27(28,29)30;/h5-7,9-10,16-17,20,34H,2-4,8,11-15,18-19H2,1H3;1H. The summed E-state index contributed by atoms with van der Waals surface area (Å²) in [5.74, 6) is 0.175. The van der Waals surface area contributed by atoms with Crippen LogP contribution < -0.4 is 4.90 Å². The van der Waals surface area contributed by atoms with Crippen LogP contribution in [0.15, 0.2) is 42.5 Å². The van der Waals surface area contributed by atoms with Gasteiger partial charge < -0.3 is 14.9 Å². The second-order valence-corrected chi connectivity index (χ2v) is 9.64. The monoisotopic (exact) mass is 525 g/mol. The van der Waals surface area contributed by atoms with Crippen molar-refractivity contribution in [2.45, 2.75) is 58.0 Å². The summed E-state index contributed by atoms with van der Waals surface area (Å²) in [4.78, 5) is 18.9. The smallest absolute Gasteiger partial charge is 0.389 e. The molecule has 2 aromatic rings. The molecule has 36 heavy (non-hydrogen) atoms. The average Bonchev–Trinajstić information content (AvgIpc) is 3.27. The van der Waals surface area contributed by atoms with Crippen LogP contribution in [0, 0.1) is 0 Å². The summed E-state index contributed by atoms with van der Waals surface area (Å²) >= 11 is 0. The molecule has 2 aliphatic heterocycles. The van der Waals surface area contributed by atoms with Crippen LogP contribution in [0.4, 0.5) is 18.9 Å². The third-order valence-electron chi connectivity index (χ3n) is 7.06. The first-order valence-electron chi connectivity index (χ1n) is 12.4. The van der Waals surface area contributed by atoms with Gasteiger partial charge in [0.05, 0.1) is 11.7 Å². The number of fused-ring (bicyclic) bond motifs is 1. The third kappa shape index (κ3) is 7.14. The van der Waals surface area contributed by atoms with E-state index in [9.17, 15) is 23.1 Å². The van der Waals surface area contributed by atoms with Gasteiger partial charge in [0.15, 0.2) is 0 Å². The minimum absolute atomic E-state index is 0. The van der Waals surface area contributed by atoms with Gasteiger partial charge >= 0.3 is 6.18 Å². The number of aliphatic hydroxyl groups is 1. The third-order valence-corrected chi connectivity index (χ3v) is 7.06. The van der Waals surface area contributed by atoms with Gasteiger partial charge in [-0.15, -0.1) is 12.4 Å². The lowest BCUT2D eigenvalue weighted by atomic mass is 10.0. The molecule has 2 aliphatic rings. The van der Waals surface area contributed by atoms with Gasteiger partial charge in [-0.1, -0.05) is 30.7 Å². The Morgan fingerprint density at radius 3 is 2.39 bits per heavy atom. The van der Waals surface area contributed by atoms with Crippen molar-refractivity contribution in [2.24, 2.45) is 0 Å². The Kier molecular flexibility index (Phi) is 9.66. The minimum Gasteiger partial charge on any atom is -0.389 e. The first-order valence-corrected chi connectivity index (χ1v) is 12.4. The van der Waals surface area contributed by atoms with Gasteiger partial charge in [-0.2, -0.15) is 13.2 Å². The summed E-state index contributed by atoms with van der Waals surface area (Å²) in [6.45, 7) is 7.04. The Bertz CT molecular complexity index is 1020. The molecule has 0 spiro atoms. The molecule has 198 valence electrons. The zero-order valence-corrected chi connectivity index (χ0v) is 21.5. The highest BCUT2D eigenvalue weighted by Crippen LogP contribution is 2.32. The maximum Gasteiger partial charge on any atom is 0.416 e. The number of aliphatic hydroxyl groups excluding tert-OH is 1. The van der Waals surface area contributed by atoms with Crippen molar-refractivity contribution in [1.82, 2.24) is 9.80 Å². The molecule has 9 heteroatoms. The quantitative estimate of drug-likeness (QED) is 0.468. The van der Waals surface area contributed by atoms with E-state index in [1.165, 1.54) is 12.1 Å². The predicted octanol–water partition coefficient (Wildman–Crippen LogP) is 5.41. The SMILES string of the molecule is CC(O)c1ccc2c(c1)CN(C(=O)CCCCCN1CCN(c3cccc(C(F)(F)F)c3)CC1)C2.Cl. The molecule has 0 saturated carbocycles. The lowest BCUT2D eigenvalue weighted by molar-refractivity contribution is -0.137. The highest BCUT2D eigenvalue weighted by atomic mass is 35.5. The van der Waals surface area contributed by atoms with Crippen LogP contribution in [-0.2, 0) is 24.1 Å². The molecule has 1 N–H and O–H groups in total. The van der Waals surface area contributed by atoms with E-state index in [2.05, 4.69) is 4.90 Å². The van der Waals surface area contributed by atoms with Gasteiger partial charge in [-0.25, -0.2) is 0 Å². The number of anilines is 1. The number of benzene rings is 2. The Balaban J connectivity index is 0.00000361. The van der Waals surface area contributed by atoms with Crippen molar-refractivity contribution < 1.29 is 23.1 Å². The molecular formula is C27H35ClF3N3O2. The summed E-state index contributed by atoms with van der Waals surface area (Å²) in [6.07, 6.45) is -1.44. The lowest BCUT2D eigenvalue weighted by Gasteiger charge is -2.36. The van der Waals surface area contributed by atoms with Crippen molar-refractivity contribution in [3.63, 3.8) is 0 Å². The minimum atomic E-state index is -4.32. The van der Waals surface area contributed by atoms with Crippen LogP contribution >= 0.6 is 12.4 Å². The second kappa shape index (κ2) is 12.3. The lowest BCUT2D eigenvalue weighted by Crippen LogP contribution is -2.46. The first kappa shape index (κ1) is 28.3. The van der Waals surface area contributed by atoms with Gasteiger partial charge in [0.2, 0.25) is 5.91 Å². The van der Waals surface area contributed by atoms with E-state index in [1.807, 2.05) is 28.0 Å². The molecule has 0 aromatic heterocycles. The van der Waals surface area contributed by atoms with Gasteiger partial charge in [0, 0.05) is 51.4 Å². The average molecular weight is 526 g/mol. The van der Waals surface area contributed by atoms with Crippen molar-refractivity contribution in [2.75, 3.05) is 37.6 Å². The normalized spacial score (nSPS) is 17.0. The van der Waals surface area contributed by atoms with Crippen molar-refractivity contribution in [3.8, 4) is 0 Å². The Labute approximate surface area is 217 Å². The van der Waals surface area contributed by atoms with E-state index < -0.39 is 17.8 Å². The number of hydrogen-bond acceptors (Lipinski definition) is 4. The summed E-state index contributed by atoms with van der Waals surface area (Å²) in [7, 11) is 0. The van der Waals surface area contributed by atoms with E-state index in [0.717, 1.165) is 61.7 Å². The zero-order chi connectivity index (χ0) is 25.0. The van der Waals surface area contributed by atoms with Crippen LogP contribution in [0.5, 0.6) is 0 Å². The van der Waals surface area contributed by atoms with E-state index in [0.29, 0.717) is 38.3 Å². The molecule has 5 nitrogen and oxygen atoms in total. The highest BCUT2D eigenvalue weighted by molar-refractivity contribution is 5.85. The summed E-state index contributed by atoms with van der Waals surface area (Å²) in [5, 5.41) is 9.77. The molecule has 1 fully saturated rings. The van der Waals surface area contributed by atoms with E-state index >= 15 is 0 Å². The molecule has 1 amide bonds. The van der Waals surface area contributed by atoms with Crippen molar-refractivity contribution in [3.05, 3.63) is 64.7 Å². The number of hydrogen-bond donors (Lipinski definition) is 1. The van der Waals surface area contributed by atoms with Crippen molar-refractivity contribution >= 4 is 24.0 Å². The molecule has 0 aliphatic carbocycles. The predicted molar refractivity (Wildman–Crippen MR) is 137 cm³/mol. The fourth-order valence-corrected chi connectivity index (χ4v) is 4.91. The number of rotatable bonds is 8. The molecule has 4 rings (SSSR count). The number of alkyl halides is 3. The van der Waals surface area contributed by atoms with Gasteiger partial charge in [0.1, 0.15) is 0 Å². The van der Waals surface area contributed by atoms with E-state index in [1.54, 1.807) is 13.0 Å². The number of amides is 1. The maximum absolute atomic E-state index is 13.0. The van der Waals surface area contributed by atoms with Crippen LogP contribution in [-0.4, -0.2) is 53.5 Å². The van der Waals surface area contributed by atoms with Gasteiger partial charge in [-0.05, 0) is 61.2 Å². The molecule has 0 radical (unpaired) electrons. The van der Waals surface area contributed by atoms with Crippen LogP contribution in [0.1, 0.15) is 61.0 Å². The summed E-state index contributed by atoms with van der Waals surface area (Å²) < 4.78 is 38.9. The first-order chi connectivity index (χ1) is 16.7. The van der Waals surface area contributed by atoms with Crippen LogP contribution in [0.2, 0.25) is 0 Å². The topological polar surface area (TPSA) is 47.0 Å². The summed E-state index contributed by atoms with van der Waals surface area (Å²) in [5.41, 5.74) is 3.19. The number of carbonyl (C=O) groups excluding carboxylic acids is 1. The second-order valence-electron chi connectivity index (χ2n) is 9.64. The van der Waals surface area contributed by atoms with E-state index in [-0.39, 0.29) is 18.3 Å². The number of unbranched alkanes of at least 4 members (excludes halogenated alkanes) is 2. The molecule has 2 aromatic carbocycles. The number of piperazine rings is 1. The van der Waals surface area contributed by atoms with Gasteiger partial charge in [-0.3, -0.25) is 9.69 Å². The fourth-order valence-electron chi connectivity index (χ4n) is 4.91. The highest BCUT2D eigenvalue weighted by Gasteiger charge is 2.31. The zero-order valence-electron chi connectivity index (χ0n) is 20.6. The van der Waals surface area contributed by atoms with Crippen LogP contribution in [0.25, 0.3) is 0 Å². The Morgan fingerprint density at radius 1 is 0.972 bits per heavy atom.